The molecule has 2 aromatic heterocycles. The fourth-order valence-electron chi connectivity index (χ4n) is 6.54. The lowest BCUT2D eigenvalue weighted by Gasteiger charge is -2.11. The molecule has 0 amide bonds. The van der Waals surface area contributed by atoms with Gasteiger partial charge in [0.15, 0.2) is 0 Å². The summed E-state index contributed by atoms with van der Waals surface area (Å²) in [6, 6.07) is 49.4. The largest absolute Gasteiger partial charge is 0.455 e. The van der Waals surface area contributed by atoms with Crippen LogP contribution in [0.5, 0.6) is 0 Å². The molecular weight excluding hydrogens is 498 g/mol. The molecule has 9 rings (SSSR count). The van der Waals surface area contributed by atoms with Crippen molar-refractivity contribution in [2.24, 2.45) is 0 Å². The van der Waals surface area contributed by atoms with Gasteiger partial charge >= 0.3 is 0 Å². The maximum absolute atomic E-state index is 6.72. The van der Waals surface area contributed by atoms with E-state index in [9.17, 15) is 0 Å². The van der Waals surface area contributed by atoms with E-state index in [0.29, 0.717) is 0 Å². The molecule has 7 aromatic carbocycles. The first-order valence-corrected chi connectivity index (χ1v) is 14.0. The monoisotopic (exact) mass is 521 g/mol. The Morgan fingerprint density at radius 1 is 0.439 bits per heavy atom. The van der Waals surface area contributed by atoms with Gasteiger partial charge < -0.3 is 4.42 Å². The minimum atomic E-state index is 0.890. The minimum Gasteiger partial charge on any atom is -0.455 e. The van der Waals surface area contributed by atoms with Crippen molar-refractivity contribution in [3.05, 3.63) is 140 Å². The van der Waals surface area contributed by atoms with Crippen molar-refractivity contribution < 1.29 is 4.42 Å². The molecule has 0 aliphatic carbocycles. The number of para-hydroxylation sites is 2. The smallest absolute Gasteiger partial charge is 0.143 e. The third-order valence-corrected chi connectivity index (χ3v) is 8.43. The molecule has 9 aromatic rings. The molecule has 0 radical (unpaired) electrons. The Labute approximate surface area is 236 Å². The van der Waals surface area contributed by atoms with Gasteiger partial charge in [-0.25, -0.2) is 4.98 Å². The Morgan fingerprint density at radius 3 is 2.07 bits per heavy atom. The molecule has 2 heterocycles. The molecule has 190 valence electrons. The summed E-state index contributed by atoms with van der Waals surface area (Å²) in [7, 11) is 0. The number of fused-ring (bicyclic) bond motifs is 10. The Kier molecular flexibility index (Phi) is 4.64. The number of hydrogen-bond donors (Lipinski definition) is 0. The summed E-state index contributed by atoms with van der Waals surface area (Å²) in [5, 5.41) is 10.7. The van der Waals surface area contributed by atoms with Crippen LogP contribution in [0, 0.1) is 0 Å². The van der Waals surface area contributed by atoms with Gasteiger partial charge in [-0.15, -0.1) is 0 Å². The highest BCUT2D eigenvalue weighted by Gasteiger charge is 2.19. The number of rotatable bonds is 2. The summed E-state index contributed by atoms with van der Waals surface area (Å²) in [6.45, 7) is 0. The molecule has 41 heavy (non-hydrogen) atoms. The van der Waals surface area contributed by atoms with Crippen LogP contribution in [0.2, 0.25) is 0 Å². The first-order valence-electron chi connectivity index (χ1n) is 14.0. The normalized spacial score (nSPS) is 11.9. The van der Waals surface area contributed by atoms with Crippen molar-refractivity contribution >= 4 is 65.2 Å². The van der Waals surface area contributed by atoms with E-state index in [1.807, 2.05) is 6.07 Å². The van der Waals surface area contributed by atoms with E-state index in [2.05, 4.69) is 133 Å². The summed E-state index contributed by atoms with van der Waals surface area (Å²) in [5.74, 6) is 0. The Hall–Kier alpha value is -5.47. The van der Waals surface area contributed by atoms with Crippen molar-refractivity contribution in [2.75, 3.05) is 0 Å². The van der Waals surface area contributed by atoms with Gasteiger partial charge in [0.25, 0.3) is 0 Å². The van der Waals surface area contributed by atoms with Crippen LogP contribution in [0.1, 0.15) is 0 Å². The highest BCUT2D eigenvalue weighted by molar-refractivity contribution is 6.29. The summed E-state index contributed by atoms with van der Waals surface area (Å²) in [5.41, 5.74) is 7.15. The predicted octanol–water partition coefficient (Wildman–Crippen LogP) is 10.9. The fourth-order valence-corrected chi connectivity index (χ4v) is 6.54. The Bertz CT molecular complexity index is 2470. The lowest BCUT2D eigenvalue weighted by Crippen LogP contribution is -1.90. The van der Waals surface area contributed by atoms with Crippen LogP contribution in [0.4, 0.5) is 0 Å². The highest BCUT2D eigenvalue weighted by atomic mass is 16.3. The van der Waals surface area contributed by atoms with Crippen molar-refractivity contribution in [1.82, 2.24) is 4.98 Å². The second-order valence-corrected chi connectivity index (χ2v) is 10.7. The van der Waals surface area contributed by atoms with Gasteiger partial charge in [0, 0.05) is 38.1 Å². The van der Waals surface area contributed by atoms with Crippen LogP contribution in [0.25, 0.3) is 87.5 Å². The molecule has 0 spiro atoms. The van der Waals surface area contributed by atoms with Crippen LogP contribution < -0.4 is 0 Å². The molecule has 0 atom stereocenters. The Morgan fingerprint density at radius 2 is 1.17 bits per heavy atom. The number of pyridine rings is 1. The van der Waals surface area contributed by atoms with E-state index < -0.39 is 0 Å². The number of nitrogens with zero attached hydrogens (tertiary/aromatic N) is 1. The number of furan rings is 1. The zero-order chi connectivity index (χ0) is 26.9. The van der Waals surface area contributed by atoms with Crippen molar-refractivity contribution in [1.29, 1.82) is 0 Å². The van der Waals surface area contributed by atoms with Gasteiger partial charge in [-0.1, -0.05) is 115 Å². The molecule has 0 unspecified atom stereocenters. The maximum Gasteiger partial charge on any atom is 0.143 e. The van der Waals surface area contributed by atoms with Crippen molar-refractivity contribution in [3.63, 3.8) is 0 Å². The molecule has 0 fully saturated rings. The van der Waals surface area contributed by atoms with Crippen molar-refractivity contribution in [2.45, 2.75) is 0 Å². The van der Waals surface area contributed by atoms with E-state index in [1.165, 1.54) is 26.9 Å². The first-order chi connectivity index (χ1) is 20.3. The summed E-state index contributed by atoms with van der Waals surface area (Å²) in [4.78, 5) is 5.13. The van der Waals surface area contributed by atoms with Gasteiger partial charge in [0.2, 0.25) is 0 Å². The standard InChI is InChI=1S/C39H23NO/c1-2-10-26(11-3-1)38-31-21-22-35-37(36(31)30-13-6-7-16-34(30)40-38)32-15-8-14-29(39(32)41-35)27-20-19-25-18-17-24-9-4-5-12-28(24)33(25)23-27/h1-23H. The van der Waals surface area contributed by atoms with Gasteiger partial charge in [-0.05, 0) is 51.4 Å². The molecule has 0 aliphatic rings. The zero-order valence-electron chi connectivity index (χ0n) is 22.1. The third kappa shape index (κ3) is 3.28. The van der Waals surface area contributed by atoms with Crippen molar-refractivity contribution in [3.8, 4) is 22.4 Å². The van der Waals surface area contributed by atoms with Gasteiger partial charge in [0.05, 0.1) is 11.2 Å². The van der Waals surface area contributed by atoms with E-state index in [0.717, 1.165) is 60.6 Å². The third-order valence-electron chi connectivity index (χ3n) is 8.43. The lowest BCUT2D eigenvalue weighted by atomic mass is 9.94. The van der Waals surface area contributed by atoms with E-state index in [-0.39, 0.29) is 0 Å². The quantitative estimate of drug-likeness (QED) is 0.211. The van der Waals surface area contributed by atoms with Crippen LogP contribution in [-0.2, 0) is 0 Å². The van der Waals surface area contributed by atoms with E-state index in [4.69, 9.17) is 9.40 Å². The average Bonchev–Trinajstić information content (AvgIpc) is 3.43. The summed E-state index contributed by atoms with van der Waals surface area (Å²) < 4.78 is 6.72. The molecule has 0 N–H and O–H groups in total. The average molecular weight is 522 g/mol. The maximum atomic E-state index is 6.72. The lowest BCUT2D eigenvalue weighted by molar-refractivity contribution is 0.670. The second kappa shape index (κ2) is 8.51. The molecule has 0 aliphatic heterocycles. The van der Waals surface area contributed by atoms with Crippen LogP contribution in [0.3, 0.4) is 0 Å². The van der Waals surface area contributed by atoms with E-state index >= 15 is 0 Å². The highest BCUT2D eigenvalue weighted by Crippen LogP contribution is 2.43. The molecule has 0 saturated heterocycles. The topological polar surface area (TPSA) is 26.0 Å². The van der Waals surface area contributed by atoms with E-state index in [1.54, 1.807) is 0 Å². The number of benzene rings is 7. The molecular formula is C39H23NO. The van der Waals surface area contributed by atoms with Gasteiger partial charge in [0.1, 0.15) is 11.2 Å². The summed E-state index contributed by atoms with van der Waals surface area (Å²) in [6.07, 6.45) is 0. The SMILES string of the molecule is c1ccc(-c2nc3ccccc3c3c2ccc2oc4c(-c5ccc6ccc7ccccc7c6c5)cccc4c23)cc1. The Balaban J connectivity index is 1.38. The summed E-state index contributed by atoms with van der Waals surface area (Å²) >= 11 is 0. The van der Waals surface area contributed by atoms with Gasteiger partial charge in [-0.3, -0.25) is 0 Å². The molecule has 0 saturated carbocycles. The predicted molar refractivity (Wildman–Crippen MR) is 172 cm³/mol. The molecule has 2 nitrogen and oxygen atoms in total. The first kappa shape index (κ1) is 22.4. The van der Waals surface area contributed by atoms with Crippen LogP contribution in [-0.4, -0.2) is 4.98 Å². The second-order valence-electron chi connectivity index (χ2n) is 10.7. The number of aromatic nitrogens is 1. The van der Waals surface area contributed by atoms with Gasteiger partial charge in [-0.2, -0.15) is 0 Å². The fraction of sp³-hybridized carbons (Fsp3) is 0. The zero-order valence-corrected chi connectivity index (χ0v) is 22.1. The molecule has 0 bridgehead atoms. The minimum absolute atomic E-state index is 0.890. The van der Waals surface area contributed by atoms with Crippen LogP contribution >= 0.6 is 0 Å². The van der Waals surface area contributed by atoms with Crippen LogP contribution in [0.15, 0.2) is 144 Å². The molecule has 2 heteroatoms. The number of hydrogen-bond acceptors (Lipinski definition) is 2.